The number of hydrogen-bond donors (Lipinski definition) is 13. The molecular weight excluding hydrogens is 1010 g/mol. The number of imidazole rings is 2. The number of aliphatic hydroxyl groups is 1. The smallest absolute Gasteiger partial charge is 0.224 e. The van der Waals surface area contributed by atoms with Crippen LogP contribution in [0, 0.1) is 29.6 Å². The van der Waals surface area contributed by atoms with Crippen molar-refractivity contribution in [3.8, 4) is 0 Å². The molecule has 19 N–H and O–H groups in total. The third-order valence-corrected chi connectivity index (χ3v) is 13.5. The molecule has 0 fully saturated rings. The number of aromatic amines is 2. The maximum Gasteiger partial charge on any atom is 0.224 e. The lowest BCUT2D eigenvalue weighted by atomic mass is 9.88. The number of carbonyl (C=O) groups is 10. The second-order valence-electron chi connectivity index (χ2n) is 20.0. The van der Waals surface area contributed by atoms with Crippen LogP contribution in [0.1, 0.15) is 134 Å². The summed E-state index contributed by atoms with van der Waals surface area (Å²) in [6, 6.07) is -3.74. The number of H-pyrrole nitrogens is 2. The minimum Gasteiger partial charge on any atom is -0.394 e. The van der Waals surface area contributed by atoms with Gasteiger partial charge in [-0.05, 0) is 84.3 Å². The number of amides is 5. The van der Waals surface area contributed by atoms with E-state index < -0.39 is 126 Å². The Morgan fingerprint density at radius 1 is 0.577 bits per heavy atom. The van der Waals surface area contributed by atoms with Crippen LogP contribution in [-0.2, 0) is 60.8 Å². The molecule has 0 aromatic carbocycles. The Hall–Kier alpha value is -6.77. The molecule has 436 valence electrons. The first-order valence-electron chi connectivity index (χ1n) is 27.0. The summed E-state index contributed by atoms with van der Waals surface area (Å²) in [7, 11) is 0. The van der Waals surface area contributed by atoms with Gasteiger partial charge in [0, 0.05) is 98.9 Å². The van der Waals surface area contributed by atoms with Crippen molar-refractivity contribution in [1.29, 1.82) is 0 Å². The number of nitrogens with zero attached hydrogens (tertiary/aromatic N) is 3. The van der Waals surface area contributed by atoms with Gasteiger partial charge in [-0.25, -0.2) is 9.97 Å². The maximum absolute atomic E-state index is 14.3. The van der Waals surface area contributed by atoms with Gasteiger partial charge in [-0.2, -0.15) is 0 Å². The lowest BCUT2D eigenvalue weighted by Gasteiger charge is -2.25. The van der Waals surface area contributed by atoms with Gasteiger partial charge in [-0.3, -0.25) is 52.9 Å². The van der Waals surface area contributed by atoms with Crippen molar-refractivity contribution in [2.75, 3.05) is 39.3 Å². The average Bonchev–Trinajstić information content (AvgIpc) is 4.13. The molecule has 8 atom stereocenters. The van der Waals surface area contributed by atoms with Gasteiger partial charge in [-0.15, -0.1) is 0 Å². The molecule has 0 unspecified atom stereocenters. The second kappa shape index (κ2) is 37.9. The highest BCUT2D eigenvalue weighted by Gasteiger charge is 2.34. The number of primary amides is 1. The fourth-order valence-electron chi connectivity index (χ4n) is 8.82. The zero-order valence-corrected chi connectivity index (χ0v) is 45.4. The van der Waals surface area contributed by atoms with E-state index in [4.69, 9.17) is 34.4 Å². The molecular formula is C52H87N15O11. The third kappa shape index (κ3) is 27.0. The van der Waals surface area contributed by atoms with Crippen LogP contribution >= 0.6 is 0 Å². The minimum absolute atomic E-state index is 0.0759. The average molecular weight is 1100 g/mol. The molecule has 2 aromatic rings. The monoisotopic (exact) mass is 1100 g/mol. The standard InChI is InChI=1S/C52H87N15O11/c1-32(20-38-26-59-30-63-38)48(75)67-43(29-68)46(73)24-35(11-4-7-17-54)49(76)62-28-40(70)22-37(21-39-27-60-31-64-39)51(78)66-42(14-15-47(56)74)45(72)25-36(12-5-8-18-55)50(77)65-41(13-9-19-61-52(57)58)44(71)23-34(33(2)69)10-3-6-16-53/h26-27,30-32,34-37,41-43,68H,3-25,28-29,53-55H2,1-2H3,(H2,56,74)(H,59,63)(H,60,64)(H,62,76)(H,65,77)(H,66,78)(H,67,75)(H4,57,58,61)/t32-,34+,35+,36+,37+,41-,42-,43-/m0/s1. The normalized spacial score (nSPS) is 14.3. The van der Waals surface area contributed by atoms with Crippen molar-refractivity contribution in [2.24, 2.45) is 69.0 Å². The molecule has 2 heterocycles. The van der Waals surface area contributed by atoms with Gasteiger partial charge >= 0.3 is 0 Å². The van der Waals surface area contributed by atoms with Crippen LogP contribution in [0.5, 0.6) is 0 Å². The van der Waals surface area contributed by atoms with Gasteiger partial charge < -0.3 is 70.7 Å². The van der Waals surface area contributed by atoms with Crippen LogP contribution in [0.2, 0.25) is 0 Å². The van der Waals surface area contributed by atoms with Crippen LogP contribution in [0.4, 0.5) is 0 Å². The quantitative estimate of drug-likeness (QED) is 0.0209. The fourth-order valence-corrected chi connectivity index (χ4v) is 8.82. The molecule has 78 heavy (non-hydrogen) atoms. The van der Waals surface area contributed by atoms with Gasteiger partial charge in [0.05, 0.1) is 43.8 Å². The van der Waals surface area contributed by atoms with E-state index in [1.165, 1.54) is 25.8 Å². The summed E-state index contributed by atoms with van der Waals surface area (Å²) in [6.45, 7) is 2.96. The number of carbonyl (C=O) groups excluding carboxylic acids is 10. The molecule has 0 saturated carbocycles. The molecule has 2 rings (SSSR count). The molecule has 0 aliphatic carbocycles. The summed E-state index contributed by atoms with van der Waals surface area (Å²) in [5.74, 6) is -10.2. The van der Waals surface area contributed by atoms with E-state index >= 15 is 0 Å². The number of rotatable bonds is 45. The molecule has 2 aromatic heterocycles. The van der Waals surface area contributed by atoms with Crippen LogP contribution in [-0.4, -0.2) is 147 Å². The Morgan fingerprint density at radius 3 is 1.54 bits per heavy atom. The Kier molecular flexibility index (Phi) is 32.7. The van der Waals surface area contributed by atoms with E-state index in [2.05, 4.69) is 46.2 Å². The Labute approximate surface area is 456 Å². The summed E-state index contributed by atoms with van der Waals surface area (Å²) < 4.78 is 0. The van der Waals surface area contributed by atoms with Crippen LogP contribution in [0.15, 0.2) is 30.0 Å². The maximum atomic E-state index is 14.3. The first kappa shape index (κ1) is 67.3. The molecule has 0 aliphatic heterocycles. The highest BCUT2D eigenvalue weighted by Crippen LogP contribution is 2.22. The van der Waals surface area contributed by atoms with E-state index in [1.54, 1.807) is 13.1 Å². The van der Waals surface area contributed by atoms with Crippen LogP contribution < -0.4 is 55.7 Å². The van der Waals surface area contributed by atoms with Crippen molar-refractivity contribution in [2.45, 2.75) is 154 Å². The number of Topliss-reactive ketones (excluding diaryl/α,β-unsaturated/α-hetero) is 5. The molecule has 0 radical (unpaired) electrons. The number of nitrogens with two attached hydrogens (primary N) is 6. The molecule has 0 spiro atoms. The van der Waals surface area contributed by atoms with Gasteiger partial charge in [0.25, 0.3) is 0 Å². The number of ketones is 5. The molecule has 26 heteroatoms. The number of unbranched alkanes of at least 4 members (excludes halogenated alkanes) is 3. The number of aliphatic hydroxyl groups excluding tert-OH is 1. The van der Waals surface area contributed by atoms with E-state index in [9.17, 15) is 53.1 Å². The Bertz CT molecular complexity index is 2220. The lowest BCUT2D eigenvalue weighted by Crippen LogP contribution is -2.48. The summed E-state index contributed by atoms with van der Waals surface area (Å²) in [6.07, 6.45) is 8.46. The predicted molar refractivity (Wildman–Crippen MR) is 290 cm³/mol. The number of aliphatic imine (C=N–C) groups is 1. The van der Waals surface area contributed by atoms with Gasteiger partial charge in [-0.1, -0.05) is 26.2 Å². The van der Waals surface area contributed by atoms with E-state index in [1.807, 2.05) is 0 Å². The van der Waals surface area contributed by atoms with Crippen molar-refractivity contribution in [3.63, 3.8) is 0 Å². The van der Waals surface area contributed by atoms with Crippen LogP contribution in [0.3, 0.4) is 0 Å². The fraction of sp³-hybridized carbons (Fsp3) is 0.673. The molecule has 0 aliphatic rings. The highest BCUT2D eigenvalue weighted by molar-refractivity contribution is 5.97. The van der Waals surface area contributed by atoms with Crippen molar-refractivity contribution in [1.82, 2.24) is 41.2 Å². The van der Waals surface area contributed by atoms with E-state index in [0.717, 1.165) is 0 Å². The third-order valence-electron chi connectivity index (χ3n) is 13.5. The minimum atomic E-state index is -1.37. The Balaban J connectivity index is 2.33. The van der Waals surface area contributed by atoms with Crippen molar-refractivity contribution >= 4 is 64.4 Å². The largest absolute Gasteiger partial charge is 0.394 e. The SMILES string of the molecule is CC(=O)[C@H](CCCCN)CC(=O)[C@H](CCCN=C(N)N)NC(=O)[C@H](CCCCN)CC(=O)[C@H](CCC(N)=O)NC(=O)[C@@H](CC(=O)CNC(=O)[C@H](CCCCN)CC(=O)[C@H](CO)NC(=O)[C@@H](C)Cc1cnc[nH]1)Cc1cnc[nH]1. The van der Waals surface area contributed by atoms with Gasteiger partial charge in [0.1, 0.15) is 11.8 Å². The van der Waals surface area contributed by atoms with E-state index in [-0.39, 0.29) is 82.6 Å². The first-order valence-corrected chi connectivity index (χ1v) is 27.0. The van der Waals surface area contributed by atoms with Crippen LogP contribution in [0.25, 0.3) is 0 Å². The Morgan fingerprint density at radius 2 is 1.05 bits per heavy atom. The highest BCUT2D eigenvalue weighted by atomic mass is 16.3. The van der Waals surface area contributed by atoms with Crippen molar-refractivity contribution in [3.05, 3.63) is 36.4 Å². The topological polar surface area (TPSA) is 465 Å². The zero-order valence-electron chi connectivity index (χ0n) is 45.4. The summed E-state index contributed by atoms with van der Waals surface area (Å²) >= 11 is 0. The number of hydrogen-bond acceptors (Lipinski definition) is 17. The molecule has 26 nitrogen and oxygen atoms in total. The zero-order chi connectivity index (χ0) is 58.0. The number of nitrogens with one attached hydrogen (secondary N) is 6. The first-order chi connectivity index (χ1) is 37.2. The molecule has 5 amide bonds. The summed E-state index contributed by atoms with van der Waals surface area (Å²) in [5.41, 5.74) is 34.8. The molecule has 0 saturated heterocycles. The molecule has 0 bridgehead atoms. The summed E-state index contributed by atoms with van der Waals surface area (Å²) in [5, 5.41) is 20.7. The van der Waals surface area contributed by atoms with Gasteiger partial charge in [0.2, 0.25) is 29.5 Å². The second-order valence-corrected chi connectivity index (χ2v) is 20.0. The van der Waals surface area contributed by atoms with Crippen molar-refractivity contribution < 1.29 is 53.1 Å². The summed E-state index contributed by atoms with van der Waals surface area (Å²) in [4.78, 5) is 153. The number of aromatic nitrogens is 4. The predicted octanol–water partition coefficient (Wildman–Crippen LogP) is -1.29. The lowest BCUT2D eigenvalue weighted by molar-refractivity contribution is -0.135. The van der Waals surface area contributed by atoms with E-state index in [0.29, 0.717) is 75.8 Å². The van der Waals surface area contributed by atoms with Gasteiger partial charge in [0.15, 0.2) is 29.1 Å². The number of guanidine groups is 1.